The lowest BCUT2D eigenvalue weighted by molar-refractivity contribution is -0.140. The molecule has 1 N–H and O–H groups in total. The third-order valence-corrected chi connectivity index (χ3v) is 5.50. The molecule has 148 valence electrons. The van der Waals surface area contributed by atoms with E-state index in [1.54, 1.807) is 0 Å². The van der Waals surface area contributed by atoms with Gasteiger partial charge in [0.2, 0.25) is 5.91 Å². The molecule has 0 radical (unpaired) electrons. The largest absolute Gasteiger partial charge is 0.491 e. The number of alkyl carbamates (subject to hydrolysis) is 1. The monoisotopic (exact) mass is 374 g/mol. The molecule has 27 heavy (non-hydrogen) atoms. The maximum absolute atomic E-state index is 12.7. The summed E-state index contributed by atoms with van der Waals surface area (Å²) in [6.07, 6.45) is 3.13. The van der Waals surface area contributed by atoms with Gasteiger partial charge in [0.05, 0.1) is 13.2 Å². The van der Waals surface area contributed by atoms with Crippen LogP contribution in [0, 0.1) is 5.92 Å². The number of rotatable bonds is 5. The first-order valence-corrected chi connectivity index (χ1v) is 9.86. The zero-order valence-electron chi connectivity index (χ0n) is 16.4. The highest BCUT2D eigenvalue weighted by molar-refractivity contribution is 5.80. The standard InChI is InChI=1S/C21H30N2O4/c1-14(2)27-19-6-4-5-16(13-19)15-7-9-23(10-8-15)20(24)17-11-18(12-17)22-21(25)26-3/h4-6,13-15,17-18H,7-12H2,1-3H3,(H,22,25). The summed E-state index contributed by atoms with van der Waals surface area (Å²) in [4.78, 5) is 25.9. The SMILES string of the molecule is COC(=O)NC1CC(C(=O)N2CCC(c3cccc(OC(C)C)c3)CC2)C1. The summed E-state index contributed by atoms with van der Waals surface area (Å²) in [7, 11) is 1.35. The number of carbonyl (C=O) groups excluding carboxylic acids is 2. The molecule has 1 heterocycles. The molecule has 0 aromatic heterocycles. The Kier molecular flexibility index (Phi) is 6.24. The second-order valence-electron chi connectivity index (χ2n) is 7.84. The number of nitrogens with zero attached hydrogens (tertiary/aromatic N) is 1. The average Bonchev–Trinajstić information content (AvgIpc) is 2.63. The predicted octanol–water partition coefficient (Wildman–Crippen LogP) is 3.31. The number of carbonyl (C=O) groups is 2. The van der Waals surface area contributed by atoms with Crippen molar-refractivity contribution in [1.82, 2.24) is 10.2 Å². The Morgan fingerprint density at radius 2 is 1.89 bits per heavy atom. The number of benzene rings is 1. The summed E-state index contributed by atoms with van der Waals surface area (Å²) < 4.78 is 10.4. The molecule has 1 aromatic carbocycles. The molecule has 1 aromatic rings. The van der Waals surface area contributed by atoms with E-state index in [-0.39, 0.29) is 24.0 Å². The van der Waals surface area contributed by atoms with Crippen LogP contribution in [0.15, 0.2) is 24.3 Å². The van der Waals surface area contributed by atoms with Crippen molar-refractivity contribution in [3.63, 3.8) is 0 Å². The average molecular weight is 374 g/mol. The molecule has 1 saturated carbocycles. The molecule has 1 aliphatic carbocycles. The van der Waals surface area contributed by atoms with E-state index in [4.69, 9.17) is 4.74 Å². The quantitative estimate of drug-likeness (QED) is 0.859. The molecular weight excluding hydrogens is 344 g/mol. The van der Waals surface area contributed by atoms with E-state index in [0.29, 0.717) is 18.8 Å². The molecule has 0 spiro atoms. The van der Waals surface area contributed by atoms with E-state index in [1.807, 2.05) is 30.9 Å². The lowest BCUT2D eigenvalue weighted by atomic mass is 9.78. The minimum absolute atomic E-state index is 0.0338. The third-order valence-electron chi connectivity index (χ3n) is 5.50. The van der Waals surface area contributed by atoms with Crippen molar-refractivity contribution in [2.45, 2.75) is 57.6 Å². The normalized spacial score (nSPS) is 22.9. The molecule has 0 bridgehead atoms. The molecular formula is C21H30N2O4. The van der Waals surface area contributed by atoms with Crippen LogP contribution in [0.5, 0.6) is 5.75 Å². The van der Waals surface area contributed by atoms with E-state index in [1.165, 1.54) is 12.7 Å². The van der Waals surface area contributed by atoms with Crippen molar-refractivity contribution < 1.29 is 19.1 Å². The van der Waals surface area contributed by atoms with E-state index in [9.17, 15) is 9.59 Å². The fourth-order valence-electron chi connectivity index (χ4n) is 3.97. The molecule has 6 heteroatoms. The summed E-state index contributed by atoms with van der Waals surface area (Å²) in [5.74, 6) is 1.65. The maximum Gasteiger partial charge on any atom is 0.407 e. The van der Waals surface area contributed by atoms with E-state index in [2.05, 4.69) is 22.2 Å². The number of ether oxygens (including phenoxy) is 2. The van der Waals surface area contributed by atoms with Crippen molar-refractivity contribution in [2.75, 3.05) is 20.2 Å². The maximum atomic E-state index is 12.7. The van der Waals surface area contributed by atoms with E-state index < -0.39 is 6.09 Å². The third kappa shape index (κ3) is 4.93. The van der Waals surface area contributed by atoms with Gasteiger partial charge in [0.25, 0.3) is 0 Å². The van der Waals surface area contributed by atoms with Crippen molar-refractivity contribution >= 4 is 12.0 Å². The number of methoxy groups -OCH3 is 1. The summed E-state index contributed by atoms with van der Waals surface area (Å²) >= 11 is 0. The van der Waals surface area contributed by atoms with Gasteiger partial charge in [-0.15, -0.1) is 0 Å². The van der Waals surface area contributed by atoms with Gasteiger partial charge in [0.15, 0.2) is 0 Å². The van der Waals surface area contributed by atoms with Gasteiger partial charge in [-0.25, -0.2) is 4.79 Å². The zero-order chi connectivity index (χ0) is 19.4. The van der Waals surface area contributed by atoms with Gasteiger partial charge in [-0.1, -0.05) is 12.1 Å². The van der Waals surface area contributed by atoms with Crippen LogP contribution in [0.25, 0.3) is 0 Å². The van der Waals surface area contributed by atoms with Crippen molar-refractivity contribution in [3.05, 3.63) is 29.8 Å². The summed E-state index contributed by atoms with van der Waals surface area (Å²) in [5, 5.41) is 2.76. The number of likely N-dealkylation sites (tertiary alicyclic amines) is 1. The smallest absolute Gasteiger partial charge is 0.407 e. The van der Waals surface area contributed by atoms with Crippen LogP contribution in [0.2, 0.25) is 0 Å². The highest BCUT2D eigenvalue weighted by Crippen LogP contribution is 2.34. The molecule has 6 nitrogen and oxygen atoms in total. The fourth-order valence-corrected chi connectivity index (χ4v) is 3.97. The van der Waals surface area contributed by atoms with Crippen LogP contribution >= 0.6 is 0 Å². The van der Waals surface area contributed by atoms with Gasteiger partial charge in [-0.05, 0) is 63.1 Å². The Morgan fingerprint density at radius 1 is 1.19 bits per heavy atom. The number of nitrogens with one attached hydrogen (secondary N) is 1. The van der Waals surface area contributed by atoms with Gasteiger partial charge >= 0.3 is 6.09 Å². The Bertz CT molecular complexity index is 662. The first kappa shape index (κ1) is 19.5. The summed E-state index contributed by atoms with van der Waals surface area (Å²) in [5.41, 5.74) is 1.30. The second kappa shape index (κ2) is 8.63. The van der Waals surface area contributed by atoms with Crippen LogP contribution in [0.4, 0.5) is 4.79 Å². The van der Waals surface area contributed by atoms with Crippen LogP contribution in [-0.4, -0.2) is 49.2 Å². The second-order valence-corrected chi connectivity index (χ2v) is 7.84. The van der Waals surface area contributed by atoms with Crippen LogP contribution < -0.4 is 10.1 Å². The minimum atomic E-state index is -0.421. The molecule has 3 rings (SSSR count). The highest BCUT2D eigenvalue weighted by atomic mass is 16.5. The van der Waals surface area contributed by atoms with Crippen molar-refractivity contribution in [2.24, 2.45) is 5.92 Å². The predicted molar refractivity (Wildman–Crippen MR) is 103 cm³/mol. The molecule has 1 aliphatic heterocycles. The number of hydrogen-bond acceptors (Lipinski definition) is 4. The Balaban J connectivity index is 1.47. The molecule has 1 saturated heterocycles. The van der Waals surface area contributed by atoms with Crippen LogP contribution in [0.1, 0.15) is 51.0 Å². The van der Waals surface area contributed by atoms with Crippen LogP contribution in [-0.2, 0) is 9.53 Å². The van der Waals surface area contributed by atoms with E-state index in [0.717, 1.165) is 31.7 Å². The fraction of sp³-hybridized carbons (Fsp3) is 0.619. The zero-order valence-corrected chi connectivity index (χ0v) is 16.4. The van der Waals surface area contributed by atoms with Gasteiger partial charge in [0, 0.05) is 25.0 Å². The molecule has 2 aliphatic rings. The number of piperidine rings is 1. The minimum Gasteiger partial charge on any atom is -0.491 e. The Morgan fingerprint density at radius 3 is 2.52 bits per heavy atom. The summed E-state index contributed by atoms with van der Waals surface area (Å²) in [6.45, 7) is 5.65. The van der Waals surface area contributed by atoms with Crippen molar-refractivity contribution in [3.8, 4) is 5.75 Å². The first-order chi connectivity index (χ1) is 13.0. The molecule has 2 amide bonds. The van der Waals surface area contributed by atoms with Gasteiger partial charge in [-0.3, -0.25) is 4.79 Å². The lowest BCUT2D eigenvalue weighted by Crippen LogP contribution is -2.51. The van der Waals surface area contributed by atoms with Gasteiger partial charge < -0.3 is 19.7 Å². The van der Waals surface area contributed by atoms with Gasteiger partial charge in [0.1, 0.15) is 5.75 Å². The lowest BCUT2D eigenvalue weighted by Gasteiger charge is -2.40. The van der Waals surface area contributed by atoms with E-state index >= 15 is 0 Å². The Labute approximate surface area is 161 Å². The number of amides is 2. The highest BCUT2D eigenvalue weighted by Gasteiger charge is 2.38. The topological polar surface area (TPSA) is 67.9 Å². The van der Waals surface area contributed by atoms with Gasteiger partial charge in [-0.2, -0.15) is 0 Å². The summed E-state index contributed by atoms with van der Waals surface area (Å²) in [6, 6.07) is 8.40. The first-order valence-electron chi connectivity index (χ1n) is 9.86. The van der Waals surface area contributed by atoms with Crippen LogP contribution in [0.3, 0.4) is 0 Å². The molecule has 0 atom stereocenters. The molecule has 0 unspecified atom stereocenters. The number of hydrogen-bond donors (Lipinski definition) is 1. The molecule has 2 fully saturated rings. The Hall–Kier alpha value is -2.24. The van der Waals surface area contributed by atoms with Crippen molar-refractivity contribution in [1.29, 1.82) is 0 Å².